The van der Waals surface area contributed by atoms with Crippen molar-refractivity contribution in [2.45, 2.75) is 0 Å². The molecule has 3 aromatic heterocycles. The summed E-state index contributed by atoms with van der Waals surface area (Å²) in [6, 6.07) is 16.1. The Labute approximate surface area is 160 Å². The number of aromatic nitrogens is 4. The molecule has 0 aliphatic carbocycles. The molecule has 5 rings (SSSR count). The second kappa shape index (κ2) is 6.42. The number of nitrogens with zero attached hydrogens (tertiary/aromatic N) is 4. The Morgan fingerprint density at radius 3 is 2.75 bits per heavy atom. The quantitative estimate of drug-likeness (QED) is 0.458. The number of pyridine rings is 1. The van der Waals surface area contributed by atoms with E-state index >= 15 is 0 Å². The Hall–Kier alpha value is -3.80. The highest BCUT2D eigenvalue weighted by Crippen LogP contribution is 2.30. The Kier molecular flexibility index (Phi) is 3.76. The van der Waals surface area contributed by atoms with Crippen LogP contribution in [0.1, 0.15) is 0 Å². The molecule has 0 bridgehead atoms. The minimum absolute atomic E-state index is 0.295. The van der Waals surface area contributed by atoms with Crippen LogP contribution >= 0.6 is 0 Å². The molecule has 5 nitrogen and oxygen atoms in total. The van der Waals surface area contributed by atoms with E-state index in [0.717, 1.165) is 27.4 Å². The smallest absolute Gasteiger partial charge is 0.163 e. The topological polar surface area (TPSA) is 52.8 Å². The third-order valence-electron chi connectivity index (χ3n) is 4.69. The molecule has 0 aliphatic rings. The van der Waals surface area contributed by atoms with Crippen LogP contribution in [-0.2, 0) is 0 Å². The summed E-state index contributed by atoms with van der Waals surface area (Å²) in [6.07, 6.45) is 5.32. The molecule has 3 heterocycles. The molecule has 0 saturated heterocycles. The molecule has 136 valence electrons. The molecule has 0 amide bonds. The number of methoxy groups -OCH3 is 1. The zero-order valence-corrected chi connectivity index (χ0v) is 15.0. The van der Waals surface area contributed by atoms with Gasteiger partial charge in [0.05, 0.1) is 18.1 Å². The van der Waals surface area contributed by atoms with Gasteiger partial charge in [0.1, 0.15) is 17.4 Å². The van der Waals surface area contributed by atoms with E-state index in [1.807, 2.05) is 47.2 Å². The molecule has 0 saturated carbocycles. The summed E-state index contributed by atoms with van der Waals surface area (Å²) in [5.41, 5.74) is 2.31. The number of halogens is 1. The second-order valence-corrected chi connectivity index (χ2v) is 6.38. The number of fused-ring (bicyclic) bond motifs is 2. The van der Waals surface area contributed by atoms with E-state index in [1.165, 1.54) is 12.1 Å². The minimum Gasteiger partial charge on any atom is -0.497 e. The molecule has 6 heteroatoms. The maximum atomic E-state index is 13.9. The summed E-state index contributed by atoms with van der Waals surface area (Å²) in [4.78, 5) is 13.7. The van der Waals surface area contributed by atoms with Crippen LogP contribution in [0.5, 0.6) is 5.75 Å². The van der Waals surface area contributed by atoms with Gasteiger partial charge in [-0.25, -0.2) is 14.4 Å². The highest BCUT2D eigenvalue weighted by Gasteiger charge is 2.14. The van der Waals surface area contributed by atoms with Gasteiger partial charge >= 0.3 is 0 Å². The standard InChI is InChI=1S/C22H15FN4O/c1-28-17-6-7-19-18(12-17)22(26-21(25-19)15-3-2-9-24-13-15)27-10-8-14-4-5-16(23)11-20(14)27/h2-13H,1H3. The molecule has 0 radical (unpaired) electrons. The number of ether oxygens (including phenoxy) is 1. The van der Waals surface area contributed by atoms with Crippen LogP contribution in [0, 0.1) is 5.82 Å². The Morgan fingerprint density at radius 1 is 1.00 bits per heavy atom. The zero-order valence-electron chi connectivity index (χ0n) is 15.0. The monoisotopic (exact) mass is 370 g/mol. The maximum absolute atomic E-state index is 13.9. The van der Waals surface area contributed by atoms with Crippen molar-refractivity contribution < 1.29 is 9.13 Å². The molecular formula is C22H15FN4O. The van der Waals surface area contributed by atoms with Gasteiger partial charge in [0.25, 0.3) is 0 Å². The van der Waals surface area contributed by atoms with Gasteiger partial charge in [0.15, 0.2) is 5.82 Å². The van der Waals surface area contributed by atoms with E-state index < -0.39 is 0 Å². The SMILES string of the molecule is COc1ccc2nc(-c3cccnc3)nc(-n3ccc4ccc(F)cc43)c2c1. The zero-order chi connectivity index (χ0) is 19.1. The van der Waals surface area contributed by atoms with Gasteiger partial charge in [0.2, 0.25) is 0 Å². The largest absolute Gasteiger partial charge is 0.497 e. The van der Waals surface area contributed by atoms with Crippen molar-refractivity contribution in [3.8, 4) is 23.0 Å². The first-order valence-corrected chi connectivity index (χ1v) is 8.76. The maximum Gasteiger partial charge on any atom is 0.163 e. The average Bonchev–Trinajstić information content (AvgIpc) is 3.16. The molecule has 0 unspecified atom stereocenters. The first-order chi connectivity index (χ1) is 13.7. The van der Waals surface area contributed by atoms with Crippen LogP contribution in [0.3, 0.4) is 0 Å². The van der Waals surface area contributed by atoms with Gasteiger partial charge in [0, 0.05) is 34.9 Å². The molecule has 5 aromatic rings. The van der Waals surface area contributed by atoms with E-state index in [4.69, 9.17) is 14.7 Å². The molecule has 2 aromatic carbocycles. The Morgan fingerprint density at radius 2 is 1.93 bits per heavy atom. The highest BCUT2D eigenvalue weighted by atomic mass is 19.1. The lowest BCUT2D eigenvalue weighted by Crippen LogP contribution is -2.02. The van der Waals surface area contributed by atoms with E-state index in [1.54, 1.807) is 25.6 Å². The molecule has 0 N–H and O–H groups in total. The van der Waals surface area contributed by atoms with Gasteiger partial charge < -0.3 is 9.30 Å². The van der Waals surface area contributed by atoms with Gasteiger partial charge in [-0.15, -0.1) is 0 Å². The van der Waals surface area contributed by atoms with Crippen molar-refractivity contribution in [1.82, 2.24) is 19.5 Å². The summed E-state index contributed by atoms with van der Waals surface area (Å²) >= 11 is 0. The summed E-state index contributed by atoms with van der Waals surface area (Å²) in [7, 11) is 1.62. The molecular weight excluding hydrogens is 355 g/mol. The van der Waals surface area contributed by atoms with E-state index in [-0.39, 0.29) is 5.82 Å². The van der Waals surface area contributed by atoms with Crippen LogP contribution in [0.2, 0.25) is 0 Å². The van der Waals surface area contributed by atoms with Gasteiger partial charge in [-0.1, -0.05) is 0 Å². The van der Waals surface area contributed by atoms with Gasteiger partial charge in [-0.3, -0.25) is 4.98 Å². The van der Waals surface area contributed by atoms with Crippen LogP contribution in [-0.4, -0.2) is 26.6 Å². The van der Waals surface area contributed by atoms with Crippen molar-refractivity contribution in [3.05, 3.63) is 79.0 Å². The number of rotatable bonds is 3. The number of benzene rings is 2. The fourth-order valence-electron chi connectivity index (χ4n) is 3.31. The first kappa shape index (κ1) is 16.4. The fraction of sp³-hybridized carbons (Fsp3) is 0.0455. The summed E-state index contributed by atoms with van der Waals surface area (Å²) in [5.74, 6) is 1.62. The van der Waals surface area contributed by atoms with Gasteiger partial charge in [-0.05, 0) is 54.6 Å². The van der Waals surface area contributed by atoms with E-state index in [2.05, 4.69) is 4.98 Å². The summed E-state index contributed by atoms with van der Waals surface area (Å²) in [6.45, 7) is 0. The molecule has 28 heavy (non-hydrogen) atoms. The van der Waals surface area contributed by atoms with Crippen molar-refractivity contribution >= 4 is 21.8 Å². The van der Waals surface area contributed by atoms with Crippen molar-refractivity contribution in [3.63, 3.8) is 0 Å². The van der Waals surface area contributed by atoms with E-state index in [0.29, 0.717) is 17.4 Å². The minimum atomic E-state index is -0.295. The Balaban J connectivity index is 1.85. The van der Waals surface area contributed by atoms with Crippen LogP contribution < -0.4 is 4.74 Å². The van der Waals surface area contributed by atoms with Crippen molar-refractivity contribution in [1.29, 1.82) is 0 Å². The highest BCUT2D eigenvalue weighted by molar-refractivity contribution is 5.91. The third-order valence-corrected chi connectivity index (χ3v) is 4.69. The lowest BCUT2D eigenvalue weighted by molar-refractivity contribution is 0.415. The molecule has 0 spiro atoms. The van der Waals surface area contributed by atoms with E-state index in [9.17, 15) is 4.39 Å². The summed E-state index contributed by atoms with van der Waals surface area (Å²) < 4.78 is 21.2. The van der Waals surface area contributed by atoms with Gasteiger partial charge in [-0.2, -0.15) is 0 Å². The van der Waals surface area contributed by atoms with Crippen LogP contribution in [0.15, 0.2) is 73.2 Å². The number of hydrogen-bond acceptors (Lipinski definition) is 4. The van der Waals surface area contributed by atoms with Crippen LogP contribution in [0.4, 0.5) is 4.39 Å². The van der Waals surface area contributed by atoms with Crippen LogP contribution in [0.25, 0.3) is 39.0 Å². The van der Waals surface area contributed by atoms with Crippen molar-refractivity contribution in [2.75, 3.05) is 7.11 Å². The predicted octanol–water partition coefficient (Wildman–Crippen LogP) is 4.78. The van der Waals surface area contributed by atoms with Crippen molar-refractivity contribution in [2.24, 2.45) is 0 Å². The third kappa shape index (κ3) is 2.66. The lowest BCUT2D eigenvalue weighted by Gasteiger charge is -2.12. The number of hydrogen-bond donors (Lipinski definition) is 0. The molecule has 0 aliphatic heterocycles. The molecule has 0 fully saturated rings. The normalized spacial score (nSPS) is 11.2. The fourth-order valence-corrected chi connectivity index (χ4v) is 3.31. The average molecular weight is 370 g/mol. The Bertz CT molecular complexity index is 1310. The predicted molar refractivity (Wildman–Crippen MR) is 106 cm³/mol. The molecule has 0 atom stereocenters. The lowest BCUT2D eigenvalue weighted by atomic mass is 10.2. The second-order valence-electron chi connectivity index (χ2n) is 6.38. The first-order valence-electron chi connectivity index (χ1n) is 8.76. The summed E-state index contributed by atoms with van der Waals surface area (Å²) in [5, 5.41) is 1.74.